The van der Waals surface area contributed by atoms with Gasteiger partial charge in [0, 0.05) is 30.0 Å². The van der Waals surface area contributed by atoms with Crippen LogP contribution in [0, 0.1) is 5.82 Å². The van der Waals surface area contributed by atoms with Crippen molar-refractivity contribution >= 4 is 22.5 Å². The topological polar surface area (TPSA) is 28.5 Å². The number of hydrogen-bond acceptors (Lipinski definition) is 4. The lowest BCUT2D eigenvalue weighted by Gasteiger charge is -2.21. The van der Waals surface area contributed by atoms with Crippen molar-refractivity contribution in [1.82, 2.24) is 4.98 Å². The summed E-state index contributed by atoms with van der Waals surface area (Å²) in [5.74, 6) is -0.237. The number of hydrogen-bond donors (Lipinski definition) is 0. The van der Waals surface area contributed by atoms with Crippen LogP contribution in [-0.2, 0) is 0 Å². The summed E-state index contributed by atoms with van der Waals surface area (Å²) in [6.07, 6.45) is 5.32. The van der Waals surface area contributed by atoms with Crippen molar-refractivity contribution in [3.63, 3.8) is 0 Å². The predicted molar refractivity (Wildman–Crippen MR) is 101 cm³/mol. The number of thioether (sulfide) groups is 1. The van der Waals surface area contributed by atoms with Crippen LogP contribution in [0.2, 0.25) is 0 Å². The van der Waals surface area contributed by atoms with Gasteiger partial charge in [0.15, 0.2) is 0 Å². The SMILES string of the molecule is C=C(/C(C)=C/N=C(C)Sc1ccc(F)cc1)N(C)c1cccnc1. The molecule has 2 aromatic rings. The normalized spacial score (nSPS) is 12.2. The average molecular weight is 341 g/mol. The number of aliphatic imine (C=N–C) groups is 1. The molecule has 0 saturated carbocycles. The van der Waals surface area contributed by atoms with Gasteiger partial charge in [0.2, 0.25) is 0 Å². The first-order chi connectivity index (χ1) is 11.5. The van der Waals surface area contributed by atoms with Gasteiger partial charge in [0.25, 0.3) is 0 Å². The summed E-state index contributed by atoms with van der Waals surface area (Å²) >= 11 is 1.50. The van der Waals surface area contributed by atoms with E-state index >= 15 is 0 Å². The Morgan fingerprint density at radius 1 is 1.25 bits per heavy atom. The van der Waals surface area contributed by atoms with E-state index in [1.54, 1.807) is 30.7 Å². The molecule has 1 aromatic carbocycles. The summed E-state index contributed by atoms with van der Waals surface area (Å²) in [5.41, 5.74) is 2.78. The van der Waals surface area contributed by atoms with Crippen molar-refractivity contribution in [2.24, 2.45) is 4.99 Å². The third kappa shape index (κ3) is 5.06. The van der Waals surface area contributed by atoms with Crippen LogP contribution in [0.3, 0.4) is 0 Å². The lowest BCUT2D eigenvalue weighted by molar-refractivity contribution is 0.626. The van der Waals surface area contributed by atoms with Gasteiger partial charge in [-0.3, -0.25) is 9.98 Å². The number of benzene rings is 1. The molecule has 1 heterocycles. The Bertz CT molecular complexity index is 752. The summed E-state index contributed by atoms with van der Waals surface area (Å²) in [4.78, 5) is 11.5. The van der Waals surface area contributed by atoms with E-state index in [4.69, 9.17) is 0 Å². The van der Waals surface area contributed by atoms with E-state index in [-0.39, 0.29) is 5.82 Å². The van der Waals surface area contributed by atoms with Gasteiger partial charge in [-0.05, 0) is 55.8 Å². The second kappa shape index (κ2) is 8.45. The fraction of sp³-hybridized carbons (Fsp3) is 0.158. The molecule has 0 aliphatic carbocycles. The molecule has 0 atom stereocenters. The van der Waals surface area contributed by atoms with E-state index < -0.39 is 0 Å². The fourth-order valence-electron chi connectivity index (χ4n) is 1.93. The van der Waals surface area contributed by atoms with Crippen LogP contribution in [0.25, 0.3) is 0 Å². The Kier molecular flexibility index (Phi) is 6.32. The molecule has 24 heavy (non-hydrogen) atoms. The highest BCUT2D eigenvalue weighted by molar-refractivity contribution is 8.13. The molecular formula is C19H20FN3S. The first kappa shape index (κ1) is 17.9. The molecular weight excluding hydrogens is 321 g/mol. The van der Waals surface area contributed by atoms with Crippen LogP contribution in [0.1, 0.15) is 13.8 Å². The van der Waals surface area contributed by atoms with Crippen LogP contribution < -0.4 is 4.90 Å². The average Bonchev–Trinajstić information content (AvgIpc) is 2.61. The van der Waals surface area contributed by atoms with Gasteiger partial charge in [0.1, 0.15) is 5.82 Å². The summed E-state index contributed by atoms with van der Waals surface area (Å²) in [6.45, 7) is 8.00. The van der Waals surface area contributed by atoms with Crippen LogP contribution >= 0.6 is 11.8 Å². The molecule has 0 spiro atoms. The van der Waals surface area contributed by atoms with E-state index in [1.165, 1.54) is 23.9 Å². The molecule has 124 valence electrons. The first-order valence-corrected chi connectivity index (χ1v) is 8.26. The number of allylic oxidation sites excluding steroid dienone is 1. The highest BCUT2D eigenvalue weighted by atomic mass is 32.2. The van der Waals surface area contributed by atoms with Gasteiger partial charge in [-0.1, -0.05) is 18.3 Å². The maximum absolute atomic E-state index is 12.9. The molecule has 0 amide bonds. The van der Waals surface area contributed by atoms with Gasteiger partial charge in [-0.25, -0.2) is 4.39 Å². The maximum Gasteiger partial charge on any atom is 0.123 e. The zero-order valence-corrected chi connectivity index (χ0v) is 14.8. The molecule has 0 unspecified atom stereocenters. The number of anilines is 1. The number of halogens is 1. The number of likely N-dealkylation sites (N-methyl/N-ethyl adjacent to an activating group) is 1. The van der Waals surface area contributed by atoms with Crippen LogP contribution in [0.4, 0.5) is 10.1 Å². The zero-order valence-electron chi connectivity index (χ0n) is 14.0. The van der Waals surface area contributed by atoms with Crippen molar-refractivity contribution in [2.45, 2.75) is 18.7 Å². The van der Waals surface area contributed by atoms with Crippen molar-refractivity contribution in [3.8, 4) is 0 Å². The molecule has 2 rings (SSSR count). The van der Waals surface area contributed by atoms with E-state index in [0.717, 1.165) is 26.9 Å². The summed E-state index contributed by atoms with van der Waals surface area (Å²) in [6, 6.07) is 10.2. The minimum absolute atomic E-state index is 0.237. The van der Waals surface area contributed by atoms with Crippen molar-refractivity contribution in [1.29, 1.82) is 0 Å². The first-order valence-electron chi connectivity index (χ1n) is 7.45. The Balaban J connectivity index is 2.03. The minimum atomic E-state index is -0.237. The third-order valence-electron chi connectivity index (χ3n) is 3.41. The molecule has 0 radical (unpaired) electrons. The largest absolute Gasteiger partial charge is 0.344 e. The molecule has 1 aromatic heterocycles. The van der Waals surface area contributed by atoms with E-state index in [2.05, 4.69) is 16.6 Å². The van der Waals surface area contributed by atoms with Crippen LogP contribution in [0.5, 0.6) is 0 Å². The standard InChI is InChI=1S/C19H20FN3S/c1-14(15(2)23(4)18-6-5-11-21-13-18)12-22-16(3)24-19-9-7-17(20)8-10-19/h5-13H,2H2,1,3-4H3/b14-12+,22-16?. The monoisotopic (exact) mass is 341 g/mol. The number of rotatable bonds is 5. The minimum Gasteiger partial charge on any atom is -0.344 e. The maximum atomic E-state index is 12.9. The molecule has 0 aliphatic rings. The molecule has 0 bridgehead atoms. The van der Waals surface area contributed by atoms with Crippen LogP contribution in [-0.4, -0.2) is 17.1 Å². The third-order valence-corrected chi connectivity index (χ3v) is 4.32. The summed E-state index contributed by atoms with van der Waals surface area (Å²) in [7, 11) is 1.94. The van der Waals surface area contributed by atoms with Crippen LogP contribution in [0.15, 0.2) is 82.7 Å². The lowest BCUT2D eigenvalue weighted by Crippen LogP contribution is -2.16. The van der Waals surface area contributed by atoms with Crippen molar-refractivity contribution < 1.29 is 4.39 Å². The summed E-state index contributed by atoms with van der Waals surface area (Å²) in [5, 5.41) is 0.873. The number of pyridine rings is 1. The molecule has 0 N–H and O–H groups in total. The molecule has 3 nitrogen and oxygen atoms in total. The van der Waals surface area contributed by atoms with Gasteiger partial charge in [0.05, 0.1) is 16.9 Å². The highest BCUT2D eigenvalue weighted by Crippen LogP contribution is 2.22. The second-order valence-electron chi connectivity index (χ2n) is 5.23. The van der Waals surface area contributed by atoms with E-state index in [9.17, 15) is 4.39 Å². The zero-order chi connectivity index (χ0) is 17.5. The van der Waals surface area contributed by atoms with Gasteiger partial charge >= 0.3 is 0 Å². The Hall–Kier alpha value is -2.40. The fourth-order valence-corrected chi connectivity index (χ4v) is 2.65. The van der Waals surface area contributed by atoms with Gasteiger partial charge < -0.3 is 4.90 Å². The quantitative estimate of drug-likeness (QED) is 0.320. The number of nitrogens with zero attached hydrogens (tertiary/aromatic N) is 3. The smallest absolute Gasteiger partial charge is 0.123 e. The second-order valence-corrected chi connectivity index (χ2v) is 6.50. The molecule has 0 saturated heterocycles. The van der Waals surface area contributed by atoms with Crippen molar-refractivity contribution in [3.05, 3.63) is 78.7 Å². The molecule has 0 aliphatic heterocycles. The van der Waals surface area contributed by atoms with Gasteiger partial charge in [-0.15, -0.1) is 0 Å². The van der Waals surface area contributed by atoms with Gasteiger partial charge in [-0.2, -0.15) is 0 Å². The lowest BCUT2D eigenvalue weighted by atomic mass is 10.2. The molecule has 0 fully saturated rings. The molecule has 5 heteroatoms. The van der Waals surface area contributed by atoms with E-state index in [0.29, 0.717) is 0 Å². The predicted octanol–water partition coefficient (Wildman–Crippen LogP) is 5.29. The van der Waals surface area contributed by atoms with Crippen molar-refractivity contribution in [2.75, 3.05) is 11.9 Å². The highest BCUT2D eigenvalue weighted by Gasteiger charge is 2.06. The Morgan fingerprint density at radius 2 is 1.96 bits per heavy atom. The Morgan fingerprint density at radius 3 is 2.58 bits per heavy atom. The summed E-state index contributed by atoms with van der Waals surface area (Å²) < 4.78 is 12.9. The Labute approximate surface area is 146 Å². The van der Waals surface area contributed by atoms with E-state index in [1.807, 2.05) is 37.9 Å². The number of aromatic nitrogens is 1.